The molecule has 2 aromatic rings. The molecule has 0 aromatic heterocycles. The van der Waals surface area contributed by atoms with Crippen LogP contribution in [0.25, 0.3) is 0 Å². The minimum Gasteiger partial charge on any atom is -0.334 e. The van der Waals surface area contributed by atoms with Crippen molar-refractivity contribution in [2.24, 2.45) is 5.92 Å². The van der Waals surface area contributed by atoms with Crippen molar-refractivity contribution in [1.82, 2.24) is 9.80 Å². The van der Waals surface area contributed by atoms with E-state index < -0.39 is 0 Å². The van der Waals surface area contributed by atoms with Gasteiger partial charge in [0.2, 0.25) is 5.91 Å². The second kappa shape index (κ2) is 11.7. The third kappa shape index (κ3) is 5.36. The molecule has 1 fully saturated rings. The Bertz CT molecular complexity index is 1180. The number of hydrogen-bond acceptors (Lipinski definition) is 3. The third-order valence-electron chi connectivity index (χ3n) is 8.46. The van der Waals surface area contributed by atoms with E-state index in [2.05, 4.69) is 0 Å². The Kier molecular flexibility index (Phi) is 8.15. The van der Waals surface area contributed by atoms with E-state index in [1.165, 1.54) is 12.8 Å². The topological polar surface area (TPSA) is 60.9 Å². The van der Waals surface area contributed by atoms with E-state index >= 15 is 0 Å². The van der Waals surface area contributed by atoms with Crippen LogP contribution in [0.5, 0.6) is 0 Å². The molecule has 38 heavy (non-hydrogen) atoms. The van der Waals surface area contributed by atoms with Crippen LogP contribution in [0.2, 0.25) is 0 Å². The molecule has 2 heterocycles. The summed E-state index contributed by atoms with van der Waals surface area (Å²) >= 11 is 0. The lowest BCUT2D eigenvalue weighted by molar-refractivity contribution is -0.121. The Labute approximate surface area is 227 Å². The zero-order chi connectivity index (χ0) is 26.6. The van der Waals surface area contributed by atoms with Crippen LogP contribution in [-0.2, 0) is 17.9 Å². The minimum absolute atomic E-state index is 0.0132. The molecule has 3 amide bonds. The van der Waals surface area contributed by atoms with E-state index in [1.807, 2.05) is 71.0 Å². The molecule has 0 atom stereocenters. The fourth-order valence-electron chi connectivity index (χ4n) is 6.37. The summed E-state index contributed by atoms with van der Waals surface area (Å²) in [6, 6.07) is 14.0. The molecule has 1 aliphatic carbocycles. The Morgan fingerprint density at radius 3 is 2.24 bits per heavy atom. The minimum atomic E-state index is -0.102. The molecule has 6 heteroatoms. The second-order valence-corrected chi connectivity index (χ2v) is 11.5. The van der Waals surface area contributed by atoms with Crippen LogP contribution >= 0.6 is 0 Å². The molecule has 0 unspecified atom stereocenters. The van der Waals surface area contributed by atoms with Crippen molar-refractivity contribution in [2.45, 2.75) is 90.8 Å². The maximum absolute atomic E-state index is 14.2. The van der Waals surface area contributed by atoms with Gasteiger partial charge in [-0.05, 0) is 48.9 Å². The zero-order valence-electron chi connectivity index (χ0n) is 23.0. The maximum atomic E-state index is 14.2. The van der Waals surface area contributed by atoms with Crippen LogP contribution in [0, 0.1) is 5.92 Å². The van der Waals surface area contributed by atoms with Crippen LogP contribution in [0.3, 0.4) is 0 Å². The molecule has 6 nitrogen and oxygen atoms in total. The molecule has 0 bridgehead atoms. The number of rotatable bonds is 3. The van der Waals surface area contributed by atoms with Gasteiger partial charge in [0.25, 0.3) is 11.8 Å². The highest BCUT2D eigenvalue weighted by Gasteiger charge is 2.37. The molecule has 1 saturated carbocycles. The average molecular weight is 516 g/mol. The van der Waals surface area contributed by atoms with Crippen molar-refractivity contribution in [3.8, 4) is 0 Å². The lowest BCUT2D eigenvalue weighted by atomic mass is 10.0. The smallest absolute Gasteiger partial charge is 0.255 e. The van der Waals surface area contributed by atoms with Crippen LogP contribution in [0.4, 0.5) is 5.69 Å². The van der Waals surface area contributed by atoms with Gasteiger partial charge in [-0.1, -0.05) is 76.3 Å². The molecule has 0 N–H and O–H groups in total. The van der Waals surface area contributed by atoms with E-state index in [9.17, 15) is 14.4 Å². The highest BCUT2D eigenvalue weighted by Crippen LogP contribution is 2.34. The first-order chi connectivity index (χ1) is 18.5. The summed E-state index contributed by atoms with van der Waals surface area (Å²) in [7, 11) is 0. The van der Waals surface area contributed by atoms with E-state index in [4.69, 9.17) is 0 Å². The van der Waals surface area contributed by atoms with Gasteiger partial charge in [-0.3, -0.25) is 14.4 Å². The van der Waals surface area contributed by atoms with Crippen molar-refractivity contribution < 1.29 is 14.4 Å². The molecule has 2 aliphatic heterocycles. The Hall–Kier alpha value is -3.15. The van der Waals surface area contributed by atoms with Gasteiger partial charge in [0.15, 0.2) is 0 Å². The highest BCUT2D eigenvalue weighted by atomic mass is 16.2. The van der Waals surface area contributed by atoms with E-state index in [1.54, 1.807) is 0 Å². The first kappa shape index (κ1) is 26.5. The highest BCUT2D eigenvalue weighted by molar-refractivity contribution is 6.09. The Morgan fingerprint density at radius 2 is 1.47 bits per heavy atom. The number of carbonyl (C=O) groups excluding carboxylic acids is 3. The number of hydrogen-bond donors (Lipinski definition) is 0. The van der Waals surface area contributed by atoms with Gasteiger partial charge in [-0.15, -0.1) is 0 Å². The standard InChI is InChI=1S/C32H41N3O3/c1-23(2)30(36)34-20-11-5-3-4-10-19-33(21-24-13-6-9-18-28(24)34)31(37)27-17-12-14-25-22-35(32(38)29(25)27)26-15-7-8-16-26/h6,9,12-14,17-18,23,26H,3-5,7-8,10-11,15-16,19-22H2,1-2H3. The summed E-state index contributed by atoms with van der Waals surface area (Å²) in [4.78, 5) is 46.8. The van der Waals surface area contributed by atoms with Gasteiger partial charge in [-0.2, -0.15) is 0 Å². The van der Waals surface area contributed by atoms with Crippen LogP contribution in [0.15, 0.2) is 42.5 Å². The Balaban J connectivity index is 1.47. The number of carbonyl (C=O) groups is 3. The number of nitrogens with zero attached hydrogens (tertiary/aromatic N) is 3. The molecule has 0 radical (unpaired) electrons. The molecular weight excluding hydrogens is 474 g/mol. The van der Waals surface area contributed by atoms with Crippen LogP contribution in [0.1, 0.15) is 103 Å². The van der Waals surface area contributed by atoms with Gasteiger partial charge in [0, 0.05) is 43.8 Å². The number of para-hydroxylation sites is 1. The van der Waals surface area contributed by atoms with Crippen molar-refractivity contribution in [1.29, 1.82) is 0 Å². The number of anilines is 1. The summed E-state index contributed by atoms with van der Waals surface area (Å²) in [6.45, 7) is 6.24. The van der Waals surface area contributed by atoms with Gasteiger partial charge >= 0.3 is 0 Å². The summed E-state index contributed by atoms with van der Waals surface area (Å²) < 4.78 is 0. The quantitative estimate of drug-likeness (QED) is 0.490. The zero-order valence-corrected chi connectivity index (χ0v) is 23.0. The van der Waals surface area contributed by atoms with E-state index in [0.717, 1.165) is 61.8 Å². The van der Waals surface area contributed by atoms with Gasteiger partial charge in [0.1, 0.15) is 0 Å². The number of benzene rings is 2. The molecule has 0 saturated heterocycles. The molecule has 5 rings (SSSR count). The van der Waals surface area contributed by atoms with Crippen LogP contribution in [-0.4, -0.2) is 46.7 Å². The van der Waals surface area contributed by atoms with Crippen molar-refractivity contribution >= 4 is 23.4 Å². The number of amides is 3. The summed E-state index contributed by atoms with van der Waals surface area (Å²) in [6.07, 6.45) is 9.55. The van der Waals surface area contributed by atoms with E-state index in [0.29, 0.717) is 37.3 Å². The normalized spacial score (nSPS) is 19.2. The fourth-order valence-corrected chi connectivity index (χ4v) is 6.37. The van der Waals surface area contributed by atoms with E-state index in [-0.39, 0.29) is 29.7 Å². The van der Waals surface area contributed by atoms with Crippen molar-refractivity contribution in [2.75, 3.05) is 18.0 Å². The Morgan fingerprint density at radius 1 is 0.789 bits per heavy atom. The molecular formula is C32H41N3O3. The fraction of sp³-hybridized carbons (Fsp3) is 0.531. The predicted molar refractivity (Wildman–Crippen MR) is 150 cm³/mol. The summed E-state index contributed by atoms with van der Waals surface area (Å²) in [5, 5.41) is 0. The number of fused-ring (bicyclic) bond motifs is 2. The molecule has 2 aromatic carbocycles. The second-order valence-electron chi connectivity index (χ2n) is 11.5. The summed E-state index contributed by atoms with van der Waals surface area (Å²) in [5.41, 5.74) is 3.96. The van der Waals surface area contributed by atoms with Crippen molar-refractivity contribution in [3.63, 3.8) is 0 Å². The molecule has 3 aliphatic rings. The first-order valence-corrected chi connectivity index (χ1v) is 14.6. The van der Waals surface area contributed by atoms with Crippen molar-refractivity contribution in [3.05, 3.63) is 64.7 Å². The lowest BCUT2D eigenvalue weighted by Gasteiger charge is -2.30. The predicted octanol–water partition coefficient (Wildman–Crippen LogP) is 6.18. The van der Waals surface area contributed by atoms with Gasteiger partial charge in [-0.25, -0.2) is 0 Å². The molecule has 0 spiro atoms. The first-order valence-electron chi connectivity index (χ1n) is 14.6. The lowest BCUT2D eigenvalue weighted by Crippen LogP contribution is -2.38. The average Bonchev–Trinajstić information content (AvgIpc) is 3.56. The van der Waals surface area contributed by atoms with Gasteiger partial charge in [0.05, 0.1) is 11.1 Å². The molecule has 202 valence electrons. The summed E-state index contributed by atoms with van der Waals surface area (Å²) in [5.74, 6) is -0.0586. The third-order valence-corrected chi connectivity index (χ3v) is 8.46. The largest absolute Gasteiger partial charge is 0.334 e. The monoisotopic (exact) mass is 515 g/mol. The maximum Gasteiger partial charge on any atom is 0.255 e. The van der Waals surface area contributed by atoms with Gasteiger partial charge < -0.3 is 14.7 Å². The SMILES string of the molecule is CC(C)C(=O)N1CCCCCCCN(C(=O)c2cccc3c2C(=O)N(C2CCCC2)C3)Cc2ccccc21. The van der Waals surface area contributed by atoms with Crippen LogP contribution < -0.4 is 4.90 Å².